The molecule has 0 aliphatic rings. The van der Waals surface area contributed by atoms with Crippen LogP contribution in [0, 0.1) is 0 Å². The molecule has 102 valence electrons. The quantitative estimate of drug-likeness (QED) is 0.546. The highest BCUT2D eigenvalue weighted by Gasteiger charge is 2.11. The Morgan fingerprint density at radius 3 is 3.00 bits per heavy atom. The molecular weight excluding hydrogens is 252 g/mol. The third kappa shape index (κ3) is 5.57. The topological polar surface area (TPSA) is 74.4 Å². The number of ether oxygens (including phenoxy) is 2. The van der Waals surface area contributed by atoms with Gasteiger partial charge in [0.05, 0.1) is 11.6 Å². The minimum atomic E-state index is -0.395. The van der Waals surface area contributed by atoms with Crippen LogP contribution in [0.5, 0.6) is 0 Å². The number of rotatable bonds is 9. The zero-order chi connectivity index (χ0) is 13.2. The number of aromatic nitrogens is 1. The summed E-state index contributed by atoms with van der Waals surface area (Å²) in [4.78, 5) is 15.7. The second-order valence-corrected chi connectivity index (χ2v) is 4.71. The van der Waals surface area contributed by atoms with Gasteiger partial charge >= 0.3 is 5.97 Å². The molecule has 1 aromatic heterocycles. The van der Waals surface area contributed by atoms with Crippen molar-refractivity contribution in [2.24, 2.45) is 5.73 Å². The van der Waals surface area contributed by atoms with Crippen LogP contribution in [0.25, 0.3) is 0 Å². The van der Waals surface area contributed by atoms with E-state index in [4.69, 9.17) is 15.2 Å². The minimum absolute atomic E-state index is 0.270. The van der Waals surface area contributed by atoms with Gasteiger partial charge in [-0.25, -0.2) is 9.78 Å². The molecule has 0 fully saturated rings. The van der Waals surface area contributed by atoms with Crippen LogP contribution in [0.3, 0.4) is 0 Å². The minimum Gasteiger partial charge on any atom is -0.458 e. The number of nitrogens with two attached hydrogens (primary N) is 1. The Hall–Kier alpha value is -0.980. The number of hydrogen-bond acceptors (Lipinski definition) is 6. The molecule has 6 heteroatoms. The van der Waals surface area contributed by atoms with Gasteiger partial charge in [0.2, 0.25) is 0 Å². The van der Waals surface area contributed by atoms with Gasteiger partial charge in [-0.05, 0) is 13.0 Å². The highest BCUT2D eigenvalue weighted by molar-refractivity contribution is 7.09. The molecule has 1 aromatic rings. The summed E-state index contributed by atoms with van der Waals surface area (Å²) in [6.45, 7) is 4.06. The fraction of sp³-hybridized carbons (Fsp3) is 0.667. The smallest absolute Gasteiger partial charge is 0.357 e. The standard InChI is InChI=1S/C12H20N2O3S/c1-2-3-6-16-7-8-17-12(15)10-9-18-11(14-10)4-5-13/h9H,2-8,13H2,1H3. The van der Waals surface area contributed by atoms with Gasteiger partial charge in [0, 0.05) is 18.4 Å². The molecule has 0 aromatic carbocycles. The third-order valence-electron chi connectivity index (χ3n) is 2.22. The van der Waals surface area contributed by atoms with Gasteiger partial charge in [-0.3, -0.25) is 0 Å². The van der Waals surface area contributed by atoms with Crippen LogP contribution in [0.15, 0.2) is 5.38 Å². The Labute approximate surface area is 111 Å². The van der Waals surface area contributed by atoms with Crippen molar-refractivity contribution < 1.29 is 14.3 Å². The van der Waals surface area contributed by atoms with Gasteiger partial charge in [0.15, 0.2) is 5.69 Å². The molecule has 0 radical (unpaired) electrons. The van der Waals surface area contributed by atoms with Crippen LogP contribution >= 0.6 is 11.3 Å². The average molecular weight is 272 g/mol. The number of esters is 1. The maximum absolute atomic E-state index is 11.6. The summed E-state index contributed by atoms with van der Waals surface area (Å²) in [5, 5.41) is 2.56. The van der Waals surface area contributed by atoms with Crippen molar-refractivity contribution in [1.82, 2.24) is 4.98 Å². The number of unbranched alkanes of at least 4 members (excludes halogenated alkanes) is 1. The molecule has 5 nitrogen and oxygen atoms in total. The van der Waals surface area contributed by atoms with Gasteiger partial charge in [-0.15, -0.1) is 11.3 Å². The lowest BCUT2D eigenvalue weighted by Crippen LogP contribution is -2.12. The van der Waals surface area contributed by atoms with Crippen LogP contribution in [0.4, 0.5) is 0 Å². The van der Waals surface area contributed by atoms with Crippen molar-refractivity contribution >= 4 is 17.3 Å². The van der Waals surface area contributed by atoms with E-state index in [2.05, 4.69) is 11.9 Å². The maximum atomic E-state index is 11.6. The second kappa shape index (κ2) is 9.02. The van der Waals surface area contributed by atoms with E-state index in [0.29, 0.717) is 31.9 Å². The maximum Gasteiger partial charge on any atom is 0.357 e. The summed E-state index contributed by atoms with van der Waals surface area (Å²) in [5.41, 5.74) is 5.78. The molecule has 0 atom stereocenters. The number of nitrogens with zero attached hydrogens (tertiary/aromatic N) is 1. The summed E-state index contributed by atoms with van der Waals surface area (Å²) in [6.07, 6.45) is 2.82. The Kier molecular flexibility index (Phi) is 7.55. The molecule has 0 spiro atoms. The summed E-state index contributed by atoms with van der Waals surface area (Å²) in [7, 11) is 0. The lowest BCUT2D eigenvalue weighted by atomic mass is 10.4. The number of hydrogen-bond donors (Lipinski definition) is 1. The van der Waals surface area contributed by atoms with Crippen molar-refractivity contribution in [3.63, 3.8) is 0 Å². The first-order valence-corrected chi connectivity index (χ1v) is 7.05. The van der Waals surface area contributed by atoms with E-state index in [1.165, 1.54) is 11.3 Å². The zero-order valence-corrected chi connectivity index (χ0v) is 11.5. The molecule has 0 bridgehead atoms. The van der Waals surface area contributed by atoms with Crippen molar-refractivity contribution in [3.05, 3.63) is 16.1 Å². The molecule has 1 heterocycles. The Morgan fingerprint density at radius 2 is 2.28 bits per heavy atom. The highest BCUT2D eigenvalue weighted by atomic mass is 32.1. The number of carbonyl (C=O) groups excluding carboxylic acids is 1. The molecule has 0 saturated carbocycles. The monoisotopic (exact) mass is 272 g/mol. The molecule has 0 saturated heterocycles. The SMILES string of the molecule is CCCCOCCOC(=O)c1csc(CCN)n1. The van der Waals surface area contributed by atoms with Crippen LogP contribution in [-0.4, -0.2) is 37.3 Å². The van der Waals surface area contributed by atoms with Crippen LogP contribution < -0.4 is 5.73 Å². The zero-order valence-electron chi connectivity index (χ0n) is 10.7. The number of carbonyl (C=O) groups is 1. The predicted molar refractivity (Wildman–Crippen MR) is 70.9 cm³/mol. The molecular formula is C12H20N2O3S. The summed E-state index contributed by atoms with van der Waals surface area (Å²) in [6, 6.07) is 0. The summed E-state index contributed by atoms with van der Waals surface area (Å²) in [5.74, 6) is -0.395. The van der Waals surface area contributed by atoms with Gasteiger partial charge < -0.3 is 15.2 Å². The van der Waals surface area contributed by atoms with E-state index >= 15 is 0 Å². The van der Waals surface area contributed by atoms with Gasteiger partial charge in [-0.1, -0.05) is 13.3 Å². The predicted octanol–water partition coefficient (Wildman–Crippen LogP) is 1.62. The lowest BCUT2D eigenvalue weighted by Gasteiger charge is -2.04. The third-order valence-corrected chi connectivity index (χ3v) is 3.13. The first kappa shape index (κ1) is 15.1. The van der Waals surface area contributed by atoms with Crippen molar-refractivity contribution in [1.29, 1.82) is 0 Å². The molecule has 0 aliphatic carbocycles. The van der Waals surface area contributed by atoms with E-state index in [1.807, 2.05) is 0 Å². The van der Waals surface area contributed by atoms with Crippen molar-refractivity contribution in [2.45, 2.75) is 26.2 Å². The molecule has 18 heavy (non-hydrogen) atoms. The van der Waals surface area contributed by atoms with Gasteiger partial charge in [0.1, 0.15) is 6.61 Å². The normalized spacial score (nSPS) is 10.6. The molecule has 0 aliphatic heterocycles. The largest absolute Gasteiger partial charge is 0.458 e. The molecule has 0 amide bonds. The van der Waals surface area contributed by atoms with Crippen LogP contribution in [0.1, 0.15) is 35.3 Å². The number of thiazole rings is 1. The first-order valence-electron chi connectivity index (χ1n) is 6.17. The summed E-state index contributed by atoms with van der Waals surface area (Å²) < 4.78 is 10.3. The van der Waals surface area contributed by atoms with E-state index < -0.39 is 5.97 Å². The second-order valence-electron chi connectivity index (χ2n) is 3.77. The fourth-order valence-electron chi connectivity index (χ4n) is 1.26. The van der Waals surface area contributed by atoms with E-state index in [1.54, 1.807) is 5.38 Å². The lowest BCUT2D eigenvalue weighted by molar-refractivity contribution is 0.0308. The van der Waals surface area contributed by atoms with Crippen molar-refractivity contribution in [3.8, 4) is 0 Å². The highest BCUT2D eigenvalue weighted by Crippen LogP contribution is 2.10. The Bertz CT molecular complexity index is 355. The van der Waals surface area contributed by atoms with Gasteiger partial charge in [0.25, 0.3) is 0 Å². The molecule has 1 rings (SSSR count). The fourth-order valence-corrected chi connectivity index (χ4v) is 2.04. The summed E-state index contributed by atoms with van der Waals surface area (Å²) >= 11 is 1.43. The Morgan fingerprint density at radius 1 is 1.44 bits per heavy atom. The first-order chi connectivity index (χ1) is 8.77. The van der Waals surface area contributed by atoms with Crippen LogP contribution in [0.2, 0.25) is 0 Å². The van der Waals surface area contributed by atoms with E-state index in [9.17, 15) is 4.79 Å². The van der Waals surface area contributed by atoms with Gasteiger partial charge in [-0.2, -0.15) is 0 Å². The molecule has 2 N–H and O–H groups in total. The Balaban J connectivity index is 2.19. The van der Waals surface area contributed by atoms with E-state index in [0.717, 1.165) is 17.8 Å². The van der Waals surface area contributed by atoms with E-state index in [-0.39, 0.29) is 6.61 Å². The molecule has 0 unspecified atom stereocenters. The average Bonchev–Trinajstić information content (AvgIpc) is 2.82. The van der Waals surface area contributed by atoms with Crippen LogP contribution in [-0.2, 0) is 15.9 Å². The van der Waals surface area contributed by atoms with Crippen molar-refractivity contribution in [2.75, 3.05) is 26.4 Å².